The Morgan fingerprint density at radius 2 is 2.07 bits per heavy atom. The molecule has 1 saturated carbocycles. The topological polar surface area (TPSA) is 110 Å². The summed E-state index contributed by atoms with van der Waals surface area (Å²) in [5.74, 6) is 2.39. The number of anilines is 2. The van der Waals surface area contributed by atoms with E-state index in [4.69, 9.17) is 10.7 Å². The van der Waals surface area contributed by atoms with E-state index >= 15 is 0 Å². The van der Waals surface area contributed by atoms with Gasteiger partial charge in [0.15, 0.2) is 11.6 Å². The van der Waals surface area contributed by atoms with Crippen LogP contribution in [0.25, 0.3) is 11.4 Å². The number of nitrogens with two attached hydrogens (primary N) is 1. The Morgan fingerprint density at radius 3 is 2.75 bits per heavy atom. The molecule has 144 valence electrons. The largest absolute Gasteiger partial charge is 0.366 e. The van der Waals surface area contributed by atoms with Gasteiger partial charge < -0.3 is 11.1 Å². The molecule has 0 unspecified atom stereocenters. The molecular weight excluding hydrogens is 352 g/mol. The number of amides is 1. The molecule has 3 aromatic rings. The van der Waals surface area contributed by atoms with E-state index in [1.54, 1.807) is 6.07 Å². The van der Waals surface area contributed by atoms with Crippen molar-refractivity contribution in [3.63, 3.8) is 0 Å². The number of hydrogen-bond donors (Lipinski definition) is 3. The minimum atomic E-state index is -0.458. The standard InChI is InChI=1S/C21H24N6O/c1-11(2)16-10-23-20(14-5-4-12(3)15(8-14)19(22)28)25-21(16)24-18-9-17(26-27-18)13-6-7-13/h4-5,8-11,13H,6-7H2,1-3H3,(H2,22,28)(H2,23,24,25,26,27). The van der Waals surface area contributed by atoms with Crippen LogP contribution in [-0.4, -0.2) is 26.1 Å². The average Bonchev–Trinajstić information content (AvgIpc) is 3.41. The number of H-pyrrole nitrogens is 1. The lowest BCUT2D eigenvalue weighted by Gasteiger charge is -2.14. The molecule has 2 heterocycles. The first-order valence-electron chi connectivity index (χ1n) is 9.52. The molecule has 1 amide bonds. The van der Waals surface area contributed by atoms with E-state index in [0.29, 0.717) is 17.3 Å². The van der Waals surface area contributed by atoms with E-state index in [2.05, 4.69) is 34.3 Å². The van der Waals surface area contributed by atoms with Gasteiger partial charge in [-0.2, -0.15) is 5.10 Å². The van der Waals surface area contributed by atoms with Gasteiger partial charge in [0.1, 0.15) is 5.82 Å². The van der Waals surface area contributed by atoms with Crippen molar-refractivity contribution in [3.8, 4) is 11.4 Å². The van der Waals surface area contributed by atoms with Crippen molar-refractivity contribution in [1.29, 1.82) is 0 Å². The predicted molar refractivity (Wildman–Crippen MR) is 109 cm³/mol. The van der Waals surface area contributed by atoms with Gasteiger partial charge in [0.05, 0.1) is 0 Å². The highest BCUT2D eigenvalue weighted by Gasteiger charge is 2.25. The van der Waals surface area contributed by atoms with E-state index in [1.807, 2.05) is 31.3 Å². The maximum absolute atomic E-state index is 11.7. The Hall–Kier alpha value is -3.22. The minimum Gasteiger partial charge on any atom is -0.366 e. The Balaban J connectivity index is 1.70. The maximum atomic E-state index is 11.7. The number of hydrogen-bond acceptors (Lipinski definition) is 5. The number of nitrogens with zero attached hydrogens (tertiary/aromatic N) is 3. The van der Waals surface area contributed by atoms with Gasteiger partial charge in [-0.1, -0.05) is 26.0 Å². The Morgan fingerprint density at radius 1 is 1.29 bits per heavy atom. The number of aromatic amines is 1. The summed E-state index contributed by atoms with van der Waals surface area (Å²) in [5, 5.41) is 10.8. The molecule has 7 nitrogen and oxygen atoms in total. The highest BCUT2D eigenvalue weighted by Crippen LogP contribution is 2.40. The normalized spacial score (nSPS) is 13.7. The van der Waals surface area contributed by atoms with Gasteiger partial charge >= 0.3 is 0 Å². The van der Waals surface area contributed by atoms with Gasteiger partial charge in [0.2, 0.25) is 5.91 Å². The van der Waals surface area contributed by atoms with E-state index in [-0.39, 0.29) is 5.92 Å². The molecule has 0 radical (unpaired) electrons. The lowest BCUT2D eigenvalue weighted by Crippen LogP contribution is -2.13. The zero-order valence-corrected chi connectivity index (χ0v) is 16.3. The van der Waals surface area contributed by atoms with Crippen LogP contribution in [0.1, 0.15) is 65.7 Å². The third-order valence-electron chi connectivity index (χ3n) is 5.06. The third-order valence-corrected chi connectivity index (χ3v) is 5.06. The molecule has 4 rings (SSSR count). The lowest BCUT2D eigenvalue weighted by atomic mass is 10.0. The van der Waals surface area contributed by atoms with E-state index in [1.165, 1.54) is 12.8 Å². The summed E-state index contributed by atoms with van der Waals surface area (Å²) in [5.41, 5.74) is 9.70. The Bertz CT molecular complexity index is 1040. The minimum absolute atomic E-state index is 0.248. The molecule has 0 bridgehead atoms. The van der Waals surface area contributed by atoms with Gasteiger partial charge in [-0.15, -0.1) is 0 Å². The number of aromatic nitrogens is 4. The summed E-state index contributed by atoms with van der Waals surface area (Å²) in [6, 6.07) is 7.54. The highest BCUT2D eigenvalue weighted by molar-refractivity contribution is 5.95. The number of nitrogens with one attached hydrogen (secondary N) is 2. The molecule has 0 saturated heterocycles. The molecule has 0 aliphatic heterocycles. The van der Waals surface area contributed by atoms with Crippen LogP contribution in [0.5, 0.6) is 0 Å². The van der Waals surface area contributed by atoms with E-state index < -0.39 is 5.91 Å². The van der Waals surface area contributed by atoms with Crippen molar-refractivity contribution in [2.24, 2.45) is 5.73 Å². The first-order chi connectivity index (χ1) is 13.4. The second-order valence-corrected chi connectivity index (χ2v) is 7.65. The number of aryl methyl sites for hydroxylation is 1. The van der Waals surface area contributed by atoms with Gasteiger partial charge in [-0.25, -0.2) is 9.97 Å². The van der Waals surface area contributed by atoms with Crippen molar-refractivity contribution in [3.05, 3.63) is 52.8 Å². The second kappa shape index (κ2) is 7.07. The SMILES string of the molecule is Cc1ccc(-c2ncc(C(C)C)c(Nc3cc(C4CC4)[nH]n3)n2)cc1C(N)=O. The van der Waals surface area contributed by atoms with Crippen molar-refractivity contribution in [2.45, 2.75) is 45.4 Å². The molecule has 1 aromatic carbocycles. The number of carbonyl (C=O) groups excluding carboxylic acids is 1. The summed E-state index contributed by atoms with van der Waals surface area (Å²) in [4.78, 5) is 20.9. The zero-order valence-electron chi connectivity index (χ0n) is 16.3. The first-order valence-corrected chi connectivity index (χ1v) is 9.52. The molecule has 0 atom stereocenters. The summed E-state index contributed by atoms with van der Waals surface area (Å²) >= 11 is 0. The van der Waals surface area contributed by atoms with Gasteiger partial charge in [-0.3, -0.25) is 9.89 Å². The number of rotatable bonds is 6. The third kappa shape index (κ3) is 3.60. The van der Waals surface area contributed by atoms with Crippen LogP contribution in [0.3, 0.4) is 0 Å². The molecule has 7 heteroatoms. The van der Waals surface area contributed by atoms with E-state index in [9.17, 15) is 4.79 Å². The molecule has 1 aliphatic rings. The predicted octanol–water partition coefficient (Wildman–Crippen LogP) is 4.02. The molecule has 4 N–H and O–H groups in total. The van der Waals surface area contributed by atoms with Crippen LogP contribution in [0.4, 0.5) is 11.6 Å². The quantitative estimate of drug-likeness (QED) is 0.602. The van der Waals surface area contributed by atoms with Crippen molar-refractivity contribution in [2.75, 3.05) is 5.32 Å². The summed E-state index contributed by atoms with van der Waals surface area (Å²) < 4.78 is 0. The zero-order chi connectivity index (χ0) is 19.8. The molecule has 28 heavy (non-hydrogen) atoms. The monoisotopic (exact) mass is 376 g/mol. The number of benzene rings is 1. The van der Waals surface area contributed by atoms with Gasteiger partial charge in [-0.05, 0) is 37.3 Å². The first kappa shape index (κ1) is 18.2. The number of primary amides is 1. The Kier molecular flexibility index (Phi) is 4.58. The highest BCUT2D eigenvalue weighted by atomic mass is 16.1. The fourth-order valence-electron chi connectivity index (χ4n) is 3.20. The smallest absolute Gasteiger partial charge is 0.248 e. The van der Waals surface area contributed by atoms with Crippen LogP contribution >= 0.6 is 0 Å². The molecule has 2 aromatic heterocycles. The Labute approximate surface area is 163 Å². The summed E-state index contributed by atoms with van der Waals surface area (Å²) in [7, 11) is 0. The fraction of sp³-hybridized carbons (Fsp3) is 0.333. The van der Waals surface area contributed by atoms with Crippen LogP contribution < -0.4 is 11.1 Å². The fourth-order valence-corrected chi connectivity index (χ4v) is 3.20. The lowest BCUT2D eigenvalue weighted by molar-refractivity contribution is 0.0999. The van der Waals surface area contributed by atoms with Crippen molar-refractivity contribution >= 4 is 17.5 Å². The number of carbonyl (C=O) groups is 1. The molecular formula is C21H24N6O. The summed E-state index contributed by atoms with van der Waals surface area (Å²) in [6.45, 7) is 6.05. The maximum Gasteiger partial charge on any atom is 0.248 e. The molecule has 0 spiro atoms. The van der Waals surface area contributed by atoms with E-state index in [0.717, 1.165) is 34.0 Å². The molecule has 1 aliphatic carbocycles. The van der Waals surface area contributed by atoms with Crippen LogP contribution in [0.15, 0.2) is 30.5 Å². The van der Waals surface area contributed by atoms with Crippen LogP contribution in [0.2, 0.25) is 0 Å². The van der Waals surface area contributed by atoms with Crippen molar-refractivity contribution < 1.29 is 4.79 Å². The van der Waals surface area contributed by atoms with Crippen LogP contribution in [0, 0.1) is 6.92 Å². The molecule has 1 fully saturated rings. The van der Waals surface area contributed by atoms with Gasteiger partial charge in [0.25, 0.3) is 0 Å². The summed E-state index contributed by atoms with van der Waals surface area (Å²) in [6.07, 6.45) is 4.26. The second-order valence-electron chi connectivity index (χ2n) is 7.65. The van der Waals surface area contributed by atoms with Crippen LogP contribution in [-0.2, 0) is 0 Å². The van der Waals surface area contributed by atoms with Gasteiger partial charge in [0, 0.05) is 40.6 Å². The van der Waals surface area contributed by atoms with Crippen molar-refractivity contribution in [1.82, 2.24) is 20.2 Å². The average molecular weight is 376 g/mol.